The zero-order valence-electron chi connectivity index (χ0n) is 14.3. The van der Waals surface area contributed by atoms with Crippen LogP contribution in [-0.4, -0.2) is 20.6 Å². The first-order chi connectivity index (χ1) is 12.8. The molecule has 0 saturated heterocycles. The van der Waals surface area contributed by atoms with E-state index in [2.05, 4.69) is 15.8 Å². The molecule has 7 nitrogen and oxygen atoms in total. The van der Waals surface area contributed by atoms with Gasteiger partial charge in [-0.2, -0.15) is 18.6 Å². The second kappa shape index (κ2) is 6.62. The van der Waals surface area contributed by atoms with E-state index >= 15 is 0 Å². The summed E-state index contributed by atoms with van der Waals surface area (Å²) < 4.78 is 64.4. The molecule has 1 aliphatic heterocycles. The average molecular weight is 434 g/mol. The van der Waals surface area contributed by atoms with Crippen LogP contribution in [0.1, 0.15) is 11.1 Å². The van der Waals surface area contributed by atoms with Crippen molar-refractivity contribution in [3.05, 3.63) is 52.5 Å². The number of sulfone groups is 1. The zero-order chi connectivity index (χ0) is 20.9. The van der Waals surface area contributed by atoms with Crippen molar-refractivity contribution in [1.29, 1.82) is 0 Å². The van der Waals surface area contributed by atoms with Crippen molar-refractivity contribution in [1.82, 2.24) is 10.9 Å². The van der Waals surface area contributed by atoms with Gasteiger partial charge in [-0.3, -0.25) is 11.2 Å². The third-order valence-electron chi connectivity index (χ3n) is 4.08. The third kappa shape index (κ3) is 3.78. The number of nitrogens with one attached hydrogen (secondary N) is 2. The number of rotatable bonds is 3. The summed E-state index contributed by atoms with van der Waals surface area (Å²) in [5, 5.41) is -0.232. The van der Waals surface area contributed by atoms with E-state index in [1.54, 1.807) is 0 Å². The van der Waals surface area contributed by atoms with E-state index < -0.39 is 27.4 Å². The fourth-order valence-electron chi connectivity index (χ4n) is 2.75. The molecule has 3 rings (SSSR count). The van der Waals surface area contributed by atoms with E-state index in [-0.39, 0.29) is 32.6 Å². The number of alkyl halides is 3. The van der Waals surface area contributed by atoms with E-state index in [4.69, 9.17) is 23.1 Å². The van der Waals surface area contributed by atoms with Crippen molar-refractivity contribution in [3.8, 4) is 11.1 Å². The molecular formula is C16H15ClF3N5O2S. The molecule has 0 radical (unpaired) electrons. The second-order valence-corrected chi connectivity index (χ2v) is 8.61. The van der Waals surface area contributed by atoms with Gasteiger partial charge in [0.25, 0.3) is 0 Å². The standard InChI is InChI=1S/C16H15ClF3N5O2S/c1-28(26,27)10-4-2-8(3-5-10)13-11(15(18,19)20)6-9(7-12(13)17)16(22)23-14(21)24-25-16/h2-7,25H,22H2,1H3,(H3,21,23,24). The van der Waals surface area contributed by atoms with Gasteiger partial charge >= 0.3 is 6.18 Å². The largest absolute Gasteiger partial charge is 0.417 e. The maximum Gasteiger partial charge on any atom is 0.417 e. The predicted octanol–water partition coefficient (Wildman–Crippen LogP) is 1.92. The fraction of sp³-hybridized carbons (Fsp3) is 0.188. The molecule has 28 heavy (non-hydrogen) atoms. The van der Waals surface area contributed by atoms with Crippen molar-refractivity contribution in [2.45, 2.75) is 16.9 Å². The highest BCUT2D eigenvalue weighted by Gasteiger charge is 2.39. The summed E-state index contributed by atoms with van der Waals surface area (Å²) in [4.78, 5) is 3.83. The number of nitrogens with zero attached hydrogens (tertiary/aromatic N) is 1. The first-order valence-corrected chi connectivity index (χ1v) is 9.97. The number of aliphatic imine (C=N–C) groups is 1. The Hall–Kier alpha value is -2.34. The van der Waals surface area contributed by atoms with E-state index in [0.29, 0.717) is 0 Å². The van der Waals surface area contributed by atoms with Crippen molar-refractivity contribution in [2.24, 2.45) is 16.5 Å². The van der Waals surface area contributed by atoms with Crippen LogP contribution >= 0.6 is 11.6 Å². The molecule has 0 fully saturated rings. The molecule has 1 heterocycles. The lowest BCUT2D eigenvalue weighted by atomic mass is 9.95. The second-order valence-electron chi connectivity index (χ2n) is 6.19. The molecule has 1 unspecified atom stereocenters. The Balaban J connectivity index is 2.19. The number of nitrogens with two attached hydrogens (primary N) is 2. The van der Waals surface area contributed by atoms with E-state index in [0.717, 1.165) is 12.3 Å². The Morgan fingerprint density at radius 1 is 1.18 bits per heavy atom. The van der Waals surface area contributed by atoms with Crippen LogP contribution in [0, 0.1) is 0 Å². The quantitative estimate of drug-likeness (QED) is 0.586. The lowest BCUT2D eigenvalue weighted by Gasteiger charge is -2.24. The van der Waals surface area contributed by atoms with Crippen molar-refractivity contribution in [2.75, 3.05) is 6.26 Å². The highest BCUT2D eigenvalue weighted by atomic mass is 35.5. The molecule has 1 aliphatic rings. The van der Waals surface area contributed by atoms with Crippen LogP contribution in [0.3, 0.4) is 0 Å². The van der Waals surface area contributed by atoms with Gasteiger partial charge in [-0.15, -0.1) is 0 Å². The minimum absolute atomic E-state index is 0.0236. The summed E-state index contributed by atoms with van der Waals surface area (Å²) in [5.74, 6) is -1.82. The van der Waals surface area contributed by atoms with E-state index in [9.17, 15) is 21.6 Å². The lowest BCUT2D eigenvalue weighted by molar-refractivity contribution is -0.137. The topological polar surface area (TPSA) is 123 Å². The van der Waals surface area contributed by atoms with Crippen LogP contribution in [0.25, 0.3) is 11.1 Å². The summed E-state index contributed by atoms with van der Waals surface area (Å²) in [6.07, 6.45) is -3.76. The number of hydrogen-bond acceptors (Lipinski definition) is 7. The molecule has 0 aliphatic carbocycles. The minimum atomic E-state index is -4.76. The van der Waals surface area contributed by atoms with Crippen LogP contribution < -0.4 is 22.3 Å². The summed E-state index contributed by atoms with van der Waals surface area (Å²) in [6.45, 7) is 0. The van der Waals surface area contributed by atoms with Gasteiger partial charge in [0.05, 0.1) is 10.5 Å². The summed E-state index contributed by atoms with van der Waals surface area (Å²) >= 11 is 6.18. The zero-order valence-corrected chi connectivity index (χ0v) is 15.9. The molecule has 0 saturated carbocycles. The van der Waals surface area contributed by atoms with Crippen molar-refractivity contribution < 1.29 is 21.6 Å². The Morgan fingerprint density at radius 2 is 1.79 bits per heavy atom. The van der Waals surface area contributed by atoms with Crippen LogP contribution in [0.2, 0.25) is 5.02 Å². The van der Waals surface area contributed by atoms with Crippen molar-refractivity contribution >= 4 is 27.4 Å². The molecule has 6 N–H and O–H groups in total. The number of benzene rings is 2. The SMILES string of the molecule is CS(=O)(=O)c1ccc(-c2c(Cl)cc(C3(N)N=C(N)NN3)cc2C(F)(F)F)cc1. The van der Waals surface area contributed by atoms with Gasteiger partial charge in [-0.05, 0) is 29.8 Å². The molecule has 0 spiro atoms. The third-order valence-corrected chi connectivity index (χ3v) is 5.51. The Kier molecular flexibility index (Phi) is 4.82. The first kappa shape index (κ1) is 20.4. The number of hydrazine groups is 1. The summed E-state index contributed by atoms with van der Waals surface area (Å²) in [6, 6.07) is 7.02. The Labute approximate surface area is 163 Å². The van der Waals surface area contributed by atoms with Gasteiger partial charge in [0.1, 0.15) is 0 Å². The van der Waals surface area contributed by atoms with Gasteiger partial charge in [-0.1, -0.05) is 23.7 Å². The molecule has 2 aromatic carbocycles. The van der Waals surface area contributed by atoms with Gasteiger partial charge in [0.2, 0.25) is 11.7 Å². The molecule has 2 aromatic rings. The first-order valence-electron chi connectivity index (χ1n) is 7.70. The highest BCUT2D eigenvalue weighted by Crippen LogP contribution is 2.43. The maximum atomic E-state index is 13.8. The van der Waals surface area contributed by atoms with Crippen LogP contribution in [0.15, 0.2) is 46.3 Å². The van der Waals surface area contributed by atoms with E-state index in [1.165, 1.54) is 30.3 Å². The monoisotopic (exact) mass is 433 g/mol. The van der Waals surface area contributed by atoms with Crippen LogP contribution in [0.4, 0.5) is 13.2 Å². The van der Waals surface area contributed by atoms with E-state index in [1.807, 2.05) is 0 Å². The molecule has 12 heteroatoms. The molecule has 150 valence electrons. The molecule has 0 amide bonds. The van der Waals surface area contributed by atoms with Crippen molar-refractivity contribution in [3.63, 3.8) is 0 Å². The smallest absolute Gasteiger partial charge is 0.369 e. The van der Waals surface area contributed by atoms with Crippen LogP contribution in [0.5, 0.6) is 0 Å². The lowest BCUT2D eigenvalue weighted by Crippen LogP contribution is -2.50. The summed E-state index contributed by atoms with van der Waals surface area (Å²) in [7, 11) is -3.50. The normalized spacial score (nSPS) is 20.0. The molecular weight excluding hydrogens is 419 g/mol. The number of hydrogen-bond donors (Lipinski definition) is 4. The number of guanidine groups is 1. The minimum Gasteiger partial charge on any atom is -0.369 e. The Bertz CT molecular complexity index is 1070. The highest BCUT2D eigenvalue weighted by molar-refractivity contribution is 7.90. The van der Waals surface area contributed by atoms with Gasteiger partial charge in [-0.25, -0.2) is 13.4 Å². The molecule has 0 bridgehead atoms. The average Bonchev–Trinajstić information content (AvgIpc) is 2.93. The number of halogens is 4. The van der Waals surface area contributed by atoms with Gasteiger partial charge in [0.15, 0.2) is 9.84 Å². The van der Waals surface area contributed by atoms with Gasteiger partial charge < -0.3 is 5.73 Å². The van der Waals surface area contributed by atoms with Crippen LogP contribution in [-0.2, 0) is 21.8 Å². The molecule has 1 atom stereocenters. The summed E-state index contributed by atoms with van der Waals surface area (Å²) in [5.41, 5.74) is 15.1. The predicted molar refractivity (Wildman–Crippen MR) is 98.8 cm³/mol. The maximum absolute atomic E-state index is 13.8. The fourth-order valence-corrected chi connectivity index (χ4v) is 3.71. The molecule has 0 aromatic heterocycles. The van der Waals surface area contributed by atoms with Gasteiger partial charge in [0, 0.05) is 22.4 Å². The Morgan fingerprint density at radius 3 is 2.25 bits per heavy atom.